The van der Waals surface area contributed by atoms with Crippen LogP contribution in [0.2, 0.25) is 0 Å². The van der Waals surface area contributed by atoms with Crippen molar-refractivity contribution in [3.63, 3.8) is 0 Å². The molecule has 0 atom stereocenters. The first kappa shape index (κ1) is 14.3. The van der Waals surface area contributed by atoms with Crippen LogP contribution in [0.5, 0.6) is 11.5 Å². The second-order valence-corrected chi connectivity index (χ2v) is 3.96. The Morgan fingerprint density at radius 2 is 2.00 bits per heavy atom. The zero-order chi connectivity index (χ0) is 15.4. The minimum absolute atomic E-state index is 0.153. The van der Waals surface area contributed by atoms with Crippen LogP contribution < -0.4 is 10.5 Å². The average molecular weight is 291 g/mol. The predicted octanol–water partition coefficient (Wildman–Crippen LogP) is 2.62. The van der Waals surface area contributed by atoms with E-state index in [0.717, 1.165) is 18.2 Å². The monoisotopic (exact) mass is 291 g/mol. The third-order valence-corrected chi connectivity index (χ3v) is 2.62. The van der Waals surface area contributed by atoms with Crippen LogP contribution in [0, 0.1) is 15.9 Å². The molecule has 0 saturated carbocycles. The minimum Gasteiger partial charge on any atom is -0.454 e. The molecule has 0 amide bonds. The van der Waals surface area contributed by atoms with Gasteiger partial charge in [0.05, 0.1) is 16.6 Å². The van der Waals surface area contributed by atoms with Gasteiger partial charge in [0.1, 0.15) is 5.75 Å². The van der Waals surface area contributed by atoms with Gasteiger partial charge in [-0.1, -0.05) is 17.3 Å². The first-order chi connectivity index (χ1) is 10.0. The molecule has 7 nitrogen and oxygen atoms in total. The molecule has 0 spiro atoms. The van der Waals surface area contributed by atoms with Gasteiger partial charge in [0.25, 0.3) is 5.69 Å². The minimum atomic E-state index is -0.890. The Kier molecular flexibility index (Phi) is 3.98. The lowest BCUT2D eigenvalue weighted by Gasteiger charge is -2.10. The quantitative estimate of drug-likeness (QED) is 0.296. The SMILES string of the molecule is N/C(=N\O)c1ccccc1Oc1ccc([N+](=O)[O-])cc1F. The Balaban J connectivity index is 2.37. The number of oxime groups is 1. The summed E-state index contributed by atoms with van der Waals surface area (Å²) in [6.07, 6.45) is 0. The van der Waals surface area contributed by atoms with Crippen LogP contribution in [0.25, 0.3) is 0 Å². The maximum Gasteiger partial charge on any atom is 0.272 e. The Bertz CT molecular complexity index is 718. The summed E-state index contributed by atoms with van der Waals surface area (Å²) >= 11 is 0. The van der Waals surface area contributed by atoms with Gasteiger partial charge in [-0.15, -0.1) is 0 Å². The summed E-state index contributed by atoms with van der Waals surface area (Å²) < 4.78 is 19.1. The number of benzene rings is 2. The van der Waals surface area contributed by atoms with Crippen LogP contribution in [-0.4, -0.2) is 16.0 Å². The topological polar surface area (TPSA) is 111 Å². The molecule has 0 unspecified atom stereocenters. The highest BCUT2D eigenvalue weighted by molar-refractivity contribution is 5.99. The number of nitrogens with two attached hydrogens (primary N) is 1. The molecular formula is C13H10FN3O4. The van der Waals surface area contributed by atoms with E-state index in [2.05, 4.69) is 5.16 Å². The van der Waals surface area contributed by atoms with Crippen molar-refractivity contribution in [1.29, 1.82) is 0 Å². The number of ether oxygens (including phenoxy) is 1. The van der Waals surface area contributed by atoms with Gasteiger partial charge in [-0.25, -0.2) is 4.39 Å². The molecule has 0 fully saturated rings. The first-order valence-electron chi connectivity index (χ1n) is 5.71. The van der Waals surface area contributed by atoms with Gasteiger partial charge < -0.3 is 15.7 Å². The number of halogens is 1. The average Bonchev–Trinajstić information content (AvgIpc) is 2.49. The van der Waals surface area contributed by atoms with E-state index in [9.17, 15) is 14.5 Å². The van der Waals surface area contributed by atoms with Gasteiger partial charge in [0.15, 0.2) is 17.4 Å². The molecule has 0 bridgehead atoms. The fourth-order valence-corrected chi connectivity index (χ4v) is 1.63. The number of nitro benzene ring substituents is 1. The number of non-ortho nitro benzene ring substituents is 1. The molecule has 2 rings (SSSR count). The number of para-hydroxylation sites is 1. The van der Waals surface area contributed by atoms with Crippen LogP contribution in [0.1, 0.15) is 5.56 Å². The molecule has 3 N–H and O–H groups in total. The first-order valence-corrected chi connectivity index (χ1v) is 5.71. The Morgan fingerprint density at radius 3 is 2.62 bits per heavy atom. The van der Waals surface area contributed by atoms with Crippen molar-refractivity contribution in [3.8, 4) is 11.5 Å². The molecule has 108 valence electrons. The standard InChI is InChI=1S/C13H10FN3O4/c14-10-7-8(17(19)20)5-6-12(10)21-11-4-2-1-3-9(11)13(15)16-18/h1-7,18H,(H2,15,16). The van der Waals surface area contributed by atoms with Gasteiger partial charge in [0, 0.05) is 6.07 Å². The second kappa shape index (κ2) is 5.87. The maximum atomic E-state index is 13.8. The lowest BCUT2D eigenvalue weighted by Crippen LogP contribution is -2.14. The summed E-state index contributed by atoms with van der Waals surface area (Å²) in [7, 11) is 0. The van der Waals surface area contributed by atoms with Gasteiger partial charge in [-0.2, -0.15) is 0 Å². The van der Waals surface area contributed by atoms with Crippen LogP contribution in [0.3, 0.4) is 0 Å². The highest BCUT2D eigenvalue weighted by Crippen LogP contribution is 2.29. The maximum absolute atomic E-state index is 13.8. The lowest BCUT2D eigenvalue weighted by atomic mass is 10.2. The molecule has 0 radical (unpaired) electrons. The summed E-state index contributed by atoms with van der Waals surface area (Å²) in [5, 5.41) is 22.1. The highest BCUT2D eigenvalue weighted by Gasteiger charge is 2.14. The molecule has 8 heteroatoms. The van der Waals surface area contributed by atoms with E-state index in [4.69, 9.17) is 15.7 Å². The lowest BCUT2D eigenvalue weighted by molar-refractivity contribution is -0.385. The fourth-order valence-electron chi connectivity index (χ4n) is 1.63. The number of nitro groups is 1. The van der Waals surface area contributed by atoms with E-state index in [1.54, 1.807) is 12.1 Å². The summed E-state index contributed by atoms with van der Waals surface area (Å²) in [5.41, 5.74) is 5.36. The molecule has 0 aliphatic heterocycles. The second-order valence-electron chi connectivity index (χ2n) is 3.96. The fraction of sp³-hybridized carbons (Fsp3) is 0. The van der Waals surface area contributed by atoms with Crippen molar-refractivity contribution in [2.24, 2.45) is 10.9 Å². The van der Waals surface area contributed by atoms with E-state index in [0.29, 0.717) is 0 Å². The Morgan fingerprint density at radius 1 is 1.29 bits per heavy atom. The molecular weight excluding hydrogens is 281 g/mol. The van der Waals surface area contributed by atoms with E-state index in [1.807, 2.05) is 0 Å². The van der Waals surface area contributed by atoms with Crippen molar-refractivity contribution in [2.75, 3.05) is 0 Å². The van der Waals surface area contributed by atoms with Gasteiger partial charge in [0.2, 0.25) is 0 Å². The summed E-state index contributed by atoms with van der Waals surface area (Å²) in [6.45, 7) is 0. The van der Waals surface area contributed by atoms with E-state index >= 15 is 0 Å². The molecule has 0 aliphatic carbocycles. The normalized spacial score (nSPS) is 11.2. The zero-order valence-electron chi connectivity index (χ0n) is 10.6. The Hall–Kier alpha value is -3.16. The van der Waals surface area contributed by atoms with Crippen LogP contribution in [0.4, 0.5) is 10.1 Å². The summed E-state index contributed by atoms with van der Waals surface area (Å²) in [6, 6.07) is 9.27. The zero-order valence-corrected chi connectivity index (χ0v) is 10.6. The number of rotatable bonds is 4. The van der Waals surface area contributed by atoms with Crippen LogP contribution in [-0.2, 0) is 0 Å². The summed E-state index contributed by atoms with van der Waals surface area (Å²) in [4.78, 5) is 9.83. The molecule has 0 saturated heterocycles. The van der Waals surface area contributed by atoms with Gasteiger partial charge in [-0.05, 0) is 18.2 Å². The smallest absolute Gasteiger partial charge is 0.272 e. The highest BCUT2D eigenvalue weighted by atomic mass is 19.1. The third kappa shape index (κ3) is 3.06. The number of hydrogen-bond acceptors (Lipinski definition) is 5. The molecule has 21 heavy (non-hydrogen) atoms. The van der Waals surface area contributed by atoms with Crippen LogP contribution >= 0.6 is 0 Å². The van der Waals surface area contributed by atoms with Crippen molar-refractivity contribution < 1.29 is 19.3 Å². The van der Waals surface area contributed by atoms with E-state index in [1.165, 1.54) is 12.1 Å². The van der Waals surface area contributed by atoms with Crippen molar-refractivity contribution in [3.05, 3.63) is 64.0 Å². The Labute approximate surface area is 118 Å². The van der Waals surface area contributed by atoms with Gasteiger partial charge in [-0.3, -0.25) is 10.1 Å². The van der Waals surface area contributed by atoms with Crippen molar-refractivity contribution in [1.82, 2.24) is 0 Å². The largest absolute Gasteiger partial charge is 0.454 e. The van der Waals surface area contributed by atoms with Crippen LogP contribution in [0.15, 0.2) is 47.6 Å². The molecule has 2 aromatic rings. The third-order valence-electron chi connectivity index (χ3n) is 2.62. The van der Waals surface area contributed by atoms with E-state index in [-0.39, 0.29) is 28.6 Å². The van der Waals surface area contributed by atoms with Crippen molar-refractivity contribution >= 4 is 11.5 Å². The molecule has 0 aromatic heterocycles. The molecule has 0 heterocycles. The molecule has 0 aliphatic rings. The summed E-state index contributed by atoms with van der Waals surface area (Å²) in [5.74, 6) is -1.15. The van der Waals surface area contributed by atoms with Gasteiger partial charge >= 0.3 is 0 Å². The number of amidine groups is 1. The van der Waals surface area contributed by atoms with Crippen molar-refractivity contribution in [2.45, 2.75) is 0 Å². The molecule has 2 aromatic carbocycles. The number of hydrogen-bond donors (Lipinski definition) is 2. The predicted molar refractivity (Wildman–Crippen MR) is 72.1 cm³/mol. The van der Waals surface area contributed by atoms with E-state index < -0.39 is 10.7 Å². The number of nitrogens with zero attached hydrogens (tertiary/aromatic N) is 2.